The van der Waals surface area contributed by atoms with Crippen molar-refractivity contribution in [3.05, 3.63) is 28.8 Å². The van der Waals surface area contributed by atoms with Gasteiger partial charge in [0.25, 0.3) is 5.91 Å². The molecule has 0 fully saturated rings. The van der Waals surface area contributed by atoms with Gasteiger partial charge in [0.2, 0.25) is 0 Å². The summed E-state index contributed by atoms with van der Waals surface area (Å²) >= 11 is 0. The Morgan fingerprint density at radius 3 is 2.39 bits per heavy atom. The van der Waals surface area contributed by atoms with Crippen molar-refractivity contribution in [2.24, 2.45) is 5.73 Å². The van der Waals surface area contributed by atoms with E-state index >= 15 is 0 Å². The predicted octanol–water partition coefficient (Wildman–Crippen LogP) is 1.67. The van der Waals surface area contributed by atoms with E-state index < -0.39 is 6.10 Å². The lowest BCUT2D eigenvalue weighted by Gasteiger charge is -2.18. The summed E-state index contributed by atoms with van der Waals surface area (Å²) in [6, 6.07) is 3.99. The summed E-state index contributed by atoms with van der Waals surface area (Å²) in [4.78, 5) is 11.6. The molecule has 0 spiro atoms. The van der Waals surface area contributed by atoms with Crippen molar-refractivity contribution in [2.45, 2.75) is 40.3 Å². The van der Waals surface area contributed by atoms with Crippen LogP contribution in [-0.2, 0) is 11.3 Å². The van der Waals surface area contributed by atoms with Gasteiger partial charge in [-0.15, -0.1) is 0 Å². The van der Waals surface area contributed by atoms with Crippen LogP contribution in [0.25, 0.3) is 0 Å². The second-order valence-electron chi connectivity index (χ2n) is 4.42. The first-order valence-corrected chi connectivity index (χ1v) is 6.24. The fourth-order valence-electron chi connectivity index (χ4n) is 1.89. The summed E-state index contributed by atoms with van der Waals surface area (Å²) in [5.74, 6) is 0.671. The maximum absolute atomic E-state index is 11.6. The summed E-state index contributed by atoms with van der Waals surface area (Å²) in [7, 11) is 0. The lowest BCUT2D eigenvalue weighted by Crippen LogP contribution is -2.36. The standard InChI is InChI=1S/C14H22N2O2/c1-5-16-14(17)11(4)18-13-9(2)6-12(8-15)7-10(13)3/h6-7,11H,5,8,15H2,1-4H3,(H,16,17). The summed E-state index contributed by atoms with van der Waals surface area (Å²) in [5.41, 5.74) is 8.71. The van der Waals surface area contributed by atoms with Gasteiger partial charge in [-0.05, 0) is 44.4 Å². The molecule has 1 amide bonds. The maximum atomic E-state index is 11.6. The van der Waals surface area contributed by atoms with E-state index in [4.69, 9.17) is 10.5 Å². The highest BCUT2D eigenvalue weighted by Gasteiger charge is 2.16. The van der Waals surface area contributed by atoms with Crippen LogP contribution in [0.1, 0.15) is 30.5 Å². The number of ether oxygens (including phenoxy) is 1. The van der Waals surface area contributed by atoms with E-state index in [-0.39, 0.29) is 5.91 Å². The minimum absolute atomic E-state index is 0.0980. The molecule has 3 N–H and O–H groups in total. The molecule has 1 aromatic carbocycles. The smallest absolute Gasteiger partial charge is 0.260 e. The molecule has 0 bridgehead atoms. The van der Waals surface area contributed by atoms with Crippen molar-refractivity contribution in [3.63, 3.8) is 0 Å². The minimum Gasteiger partial charge on any atom is -0.480 e. The fourth-order valence-corrected chi connectivity index (χ4v) is 1.89. The largest absolute Gasteiger partial charge is 0.480 e. The van der Waals surface area contributed by atoms with Gasteiger partial charge in [-0.1, -0.05) is 12.1 Å². The van der Waals surface area contributed by atoms with Crippen molar-refractivity contribution in [1.29, 1.82) is 0 Å². The van der Waals surface area contributed by atoms with E-state index in [1.807, 2.05) is 32.9 Å². The van der Waals surface area contributed by atoms with Crippen molar-refractivity contribution in [3.8, 4) is 5.75 Å². The number of rotatable bonds is 5. The molecule has 100 valence electrons. The topological polar surface area (TPSA) is 64.3 Å². The van der Waals surface area contributed by atoms with Crippen LogP contribution < -0.4 is 15.8 Å². The molecular weight excluding hydrogens is 228 g/mol. The Labute approximate surface area is 109 Å². The van der Waals surface area contributed by atoms with Crippen LogP contribution in [0.15, 0.2) is 12.1 Å². The Bertz CT molecular complexity index is 407. The van der Waals surface area contributed by atoms with Gasteiger partial charge in [0.15, 0.2) is 6.10 Å². The molecule has 18 heavy (non-hydrogen) atoms. The lowest BCUT2D eigenvalue weighted by atomic mass is 10.1. The van der Waals surface area contributed by atoms with E-state index in [0.717, 1.165) is 22.4 Å². The highest BCUT2D eigenvalue weighted by atomic mass is 16.5. The molecule has 0 aliphatic rings. The van der Waals surface area contributed by atoms with Crippen LogP contribution in [0, 0.1) is 13.8 Å². The van der Waals surface area contributed by atoms with Gasteiger partial charge in [-0.2, -0.15) is 0 Å². The molecule has 0 saturated heterocycles. The molecule has 1 unspecified atom stereocenters. The Morgan fingerprint density at radius 2 is 1.94 bits per heavy atom. The molecule has 1 rings (SSSR count). The highest BCUT2D eigenvalue weighted by Crippen LogP contribution is 2.25. The van der Waals surface area contributed by atoms with Gasteiger partial charge in [-0.25, -0.2) is 0 Å². The number of nitrogens with two attached hydrogens (primary N) is 1. The summed E-state index contributed by atoms with van der Waals surface area (Å²) in [6.45, 7) is 8.68. The first kappa shape index (κ1) is 14.5. The molecule has 4 heteroatoms. The number of aryl methyl sites for hydroxylation is 2. The van der Waals surface area contributed by atoms with Gasteiger partial charge in [0.1, 0.15) is 5.75 Å². The molecule has 1 atom stereocenters. The Hall–Kier alpha value is -1.55. The third-order valence-electron chi connectivity index (χ3n) is 2.77. The van der Waals surface area contributed by atoms with Crippen LogP contribution in [0.5, 0.6) is 5.75 Å². The van der Waals surface area contributed by atoms with Crippen molar-refractivity contribution in [1.82, 2.24) is 5.32 Å². The maximum Gasteiger partial charge on any atom is 0.260 e. The second-order valence-corrected chi connectivity index (χ2v) is 4.42. The second kappa shape index (κ2) is 6.40. The predicted molar refractivity (Wildman–Crippen MR) is 72.6 cm³/mol. The van der Waals surface area contributed by atoms with Crippen LogP contribution in [0.2, 0.25) is 0 Å². The zero-order valence-corrected chi connectivity index (χ0v) is 11.5. The van der Waals surface area contributed by atoms with Crippen molar-refractivity contribution in [2.75, 3.05) is 6.54 Å². The molecule has 4 nitrogen and oxygen atoms in total. The number of amides is 1. The third-order valence-corrected chi connectivity index (χ3v) is 2.77. The van der Waals surface area contributed by atoms with Gasteiger partial charge in [0, 0.05) is 13.1 Å². The Morgan fingerprint density at radius 1 is 1.39 bits per heavy atom. The van der Waals surface area contributed by atoms with E-state index in [9.17, 15) is 4.79 Å². The number of nitrogens with one attached hydrogen (secondary N) is 1. The average molecular weight is 250 g/mol. The first-order chi connectivity index (χ1) is 8.49. The molecular formula is C14H22N2O2. The molecule has 0 heterocycles. The SMILES string of the molecule is CCNC(=O)C(C)Oc1c(C)cc(CN)cc1C. The molecule has 0 aromatic heterocycles. The molecule has 0 aliphatic heterocycles. The number of likely N-dealkylation sites (N-methyl/N-ethyl adjacent to an activating group) is 1. The number of carbonyl (C=O) groups excluding carboxylic acids is 1. The summed E-state index contributed by atoms with van der Waals surface area (Å²) < 4.78 is 5.74. The lowest BCUT2D eigenvalue weighted by molar-refractivity contribution is -0.127. The molecule has 1 aromatic rings. The fraction of sp³-hybridized carbons (Fsp3) is 0.500. The van der Waals surface area contributed by atoms with Gasteiger partial charge in [-0.3, -0.25) is 4.79 Å². The quantitative estimate of drug-likeness (QED) is 0.835. The summed E-state index contributed by atoms with van der Waals surface area (Å²) in [6.07, 6.45) is -0.494. The van der Waals surface area contributed by atoms with Gasteiger partial charge >= 0.3 is 0 Å². The van der Waals surface area contributed by atoms with E-state index in [2.05, 4.69) is 5.32 Å². The zero-order valence-electron chi connectivity index (χ0n) is 11.5. The van der Waals surface area contributed by atoms with Crippen LogP contribution in [-0.4, -0.2) is 18.6 Å². The molecule has 0 radical (unpaired) electrons. The number of hydrogen-bond donors (Lipinski definition) is 2. The van der Waals surface area contributed by atoms with Crippen molar-refractivity contribution < 1.29 is 9.53 Å². The molecule has 0 saturated carbocycles. The first-order valence-electron chi connectivity index (χ1n) is 6.24. The monoisotopic (exact) mass is 250 g/mol. The normalized spacial score (nSPS) is 12.1. The average Bonchev–Trinajstić information content (AvgIpc) is 2.33. The van der Waals surface area contributed by atoms with Crippen LogP contribution >= 0.6 is 0 Å². The Balaban J connectivity index is 2.88. The number of hydrogen-bond acceptors (Lipinski definition) is 3. The van der Waals surface area contributed by atoms with Gasteiger partial charge < -0.3 is 15.8 Å². The third kappa shape index (κ3) is 3.47. The van der Waals surface area contributed by atoms with Crippen LogP contribution in [0.3, 0.4) is 0 Å². The highest BCUT2D eigenvalue weighted by molar-refractivity contribution is 5.80. The van der Waals surface area contributed by atoms with Crippen LogP contribution in [0.4, 0.5) is 0 Å². The van der Waals surface area contributed by atoms with Crippen molar-refractivity contribution >= 4 is 5.91 Å². The summed E-state index contributed by atoms with van der Waals surface area (Å²) in [5, 5.41) is 2.74. The van der Waals surface area contributed by atoms with E-state index in [0.29, 0.717) is 13.1 Å². The minimum atomic E-state index is -0.494. The number of carbonyl (C=O) groups is 1. The Kier molecular flexibility index (Phi) is 5.16. The van der Waals surface area contributed by atoms with E-state index in [1.54, 1.807) is 6.92 Å². The molecule has 0 aliphatic carbocycles. The zero-order chi connectivity index (χ0) is 13.7. The van der Waals surface area contributed by atoms with E-state index in [1.165, 1.54) is 0 Å². The number of benzene rings is 1. The van der Waals surface area contributed by atoms with Gasteiger partial charge in [0.05, 0.1) is 0 Å².